The Morgan fingerprint density at radius 2 is 2.26 bits per heavy atom. The van der Waals surface area contributed by atoms with Gasteiger partial charge in [-0.05, 0) is 20.8 Å². The third-order valence-corrected chi connectivity index (χ3v) is 4.96. The highest BCUT2D eigenvalue weighted by molar-refractivity contribution is 7.16. The lowest BCUT2D eigenvalue weighted by Crippen LogP contribution is -2.53. The summed E-state index contributed by atoms with van der Waals surface area (Å²) in [5.41, 5.74) is 0.685. The smallest absolute Gasteiger partial charge is 0.275 e. The van der Waals surface area contributed by atoms with Crippen molar-refractivity contribution in [2.75, 3.05) is 26.2 Å². The van der Waals surface area contributed by atoms with Crippen LogP contribution in [0.3, 0.4) is 0 Å². The topological polar surface area (TPSA) is 74.0 Å². The fourth-order valence-corrected chi connectivity index (χ4v) is 3.85. The molecule has 0 amide bonds. The number of aliphatic hydroxyl groups is 1. The van der Waals surface area contributed by atoms with E-state index >= 15 is 0 Å². The van der Waals surface area contributed by atoms with E-state index in [1.54, 1.807) is 6.07 Å². The van der Waals surface area contributed by atoms with Gasteiger partial charge in [-0.2, -0.15) is 9.61 Å². The summed E-state index contributed by atoms with van der Waals surface area (Å²) in [5, 5.41) is 14.6. The van der Waals surface area contributed by atoms with Gasteiger partial charge in [0.1, 0.15) is 5.01 Å². The molecule has 7 nitrogen and oxygen atoms in total. The van der Waals surface area contributed by atoms with Gasteiger partial charge in [0.25, 0.3) is 5.56 Å². The number of β-amino-alcohol motifs (C(OH)–C–C–N with tert-alkyl or cyclic N) is 1. The van der Waals surface area contributed by atoms with E-state index < -0.39 is 0 Å². The molecule has 1 aliphatic rings. The average molecular weight is 337 g/mol. The van der Waals surface area contributed by atoms with E-state index in [0.717, 1.165) is 30.3 Å². The lowest BCUT2D eigenvalue weighted by atomic mass is 10.1. The maximum Gasteiger partial charge on any atom is 0.275 e. The number of fused-ring (bicyclic) bond motifs is 1. The molecule has 8 heteroatoms. The SMILES string of the molecule is Cc1nn2c(=O)cc(CN3CCN(C[C@H](C)O)[C@@H](C)C3)nc2s1. The van der Waals surface area contributed by atoms with Crippen LogP contribution in [-0.2, 0) is 6.54 Å². The summed E-state index contributed by atoms with van der Waals surface area (Å²) in [7, 11) is 0. The minimum Gasteiger partial charge on any atom is -0.392 e. The number of nitrogens with zero attached hydrogens (tertiary/aromatic N) is 5. The molecule has 23 heavy (non-hydrogen) atoms. The number of aliphatic hydroxyl groups excluding tert-OH is 1. The van der Waals surface area contributed by atoms with Gasteiger partial charge in [0.05, 0.1) is 11.8 Å². The highest BCUT2D eigenvalue weighted by atomic mass is 32.1. The second kappa shape index (κ2) is 6.64. The molecule has 0 aromatic carbocycles. The van der Waals surface area contributed by atoms with Gasteiger partial charge < -0.3 is 5.11 Å². The van der Waals surface area contributed by atoms with Crippen LogP contribution in [-0.4, -0.2) is 67.8 Å². The summed E-state index contributed by atoms with van der Waals surface area (Å²) in [5.74, 6) is 0. The Labute approximate surface area is 139 Å². The van der Waals surface area contributed by atoms with Crippen LogP contribution in [0.15, 0.2) is 10.9 Å². The van der Waals surface area contributed by atoms with Gasteiger partial charge in [-0.1, -0.05) is 11.3 Å². The Balaban J connectivity index is 1.70. The van der Waals surface area contributed by atoms with Gasteiger partial charge in [0.15, 0.2) is 0 Å². The van der Waals surface area contributed by atoms with Crippen molar-refractivity contribution < 1.29 is 5.11 Å². The first-order valence-corrected chi connectivity index (χ1v) is 8.75. The fraction of sp³-hybridized carbons (Fsp3) is 0.667. The van der Waals surface area contributed by atoms with Gasteiger partial charge >= 0.3 is 0 Å². The van der Waals surface area contributed by atoms with E-state index in [1.165, 1.54) is 15.9 Å². The van der Waals surface area contributed by atoms with Crippen molar-refractivity contribution in [2.45, 2.75) is 39.5 Å². The second-order valence-electron chi connectivity index (χ2n) is 6.33. The number of aryl methyl sites for hydroxylation is 1. The number of hydrogen-bond donors (Lipinski definition) is 1. The number of hydrogen-bond acceptors (Lipinski definition) is 7. The van der Waals surface area contributed by atoms with E-state index in [4.69, 9.17) is 0 Å². The van der Waals surface area contributed by atoms with E-state index in [1.807, 2.05) is 13.8 Å². The third kappa shape index (κ3) is 3.77. The van der Waals surface area contributed by atoms with Gasteiger partial charge in [-0.3, -0.25) is 14.6 Å². The molecule has 0 bridgehead atoms. The van der Waals surface area contributed by atoms with Gasteiger partial charge in [-0.15, -0.1) is 0 Å². The van der Waals surface area contributed by atoms with Gasteiger partial charge in [0, 0.05) is 44.8 Å². The van der Waals surface area contributed by atoms with Crippen LogP contribution in [0.2, 0.25) is 0 Å². The van der Waals surface area contributed by atoms with Crippen molar-refractivity contribution in [1.29, 1.82) is 0 Å². The molecule has 2 atom stereocenters. The first-order valence-electron chi connectivity index (χ1n) is 7.93. The summed E-state index contributed by atoms with van der Waals surface area (Å²) >= 11 is 1.44. The number of rotatable bonds is 4. The third-order valence-electron chi connectivity index (χ3n) is 4.13. The van der Waals surface area contributed by atoms with Crippen LogP contribution in [0, 0.1) is 6.92 Å². The quantitative estimate of drug-likeness (QED) is 0.868. The molecular weight excluding hydrogens is 314 g/mol. The summed E-state index contributed by atoms with van der Waals surface area (Å²) in [6.45, 7) is 10.0. The Morgan fingerprint density at radius 3 is 2.96 bits per heavy atom. The maximum absolute atomic E-state index is 12.1. The molecule has 3 heterocycles. The molecule has 0 unspecified atom stereocenters. The molecular formula is C15H23N5O2S. The zero-order chi connectivity index (χ0) is 16.6. The van der Waals surface area contributed by atoms with Crippen molar-refractivity contribution >= 4 is 16.3 Å². The zero-order valence-corrected chi connectivity index (χ0v) is 14.6. The van der Waals surface area contributed by atoms with Crippen molar-refractivity contribution in [3.8, 4) is 0 Å². The molecule has 0 radical (unpaired) electrons. The minimum atomic E-state index is -0.303. The van der Waals surface area contributed by atoms with Crippen molar-refractivity contribution in [2.24, 2.45) is 0 Å². The molecule has 1 aliphatic heterocycles. The van der Waals surface area contributed by atoms with Crippen LogP contribution in [0.25, 0.3) is 4.96 Å². The maximum atomic E-state index is 12.1. The van der Waals surface area contributed by atoms with E-state index in [2.05, 4.69) is 26.8 Å². The lowest BCUT2D eigenvalue weighted by molar-refractivity contribution is 0.0418. The predicted molar refractivity (Wildman–Crippen MR) is 89.9 cm³/mol. The van der Waals surface area contributed by atoms with Gasteiger partial charge in [-0.25, -0.2) is 4.98 Å². The Hall–Kier alpha value is -1.35. The minimum absolute atomic E-state index is 0.116. The monoisotopic (exact) mass is 337 g/mol. The molecule has 2 aromatic rings. The highest BCUT2D eigenvalue weighted by Crippen LogP contribution is 2.14. The molecule has 0 spiro atoms. The first kappa shape index (κ1) is 16.5. The molecule has 0 aliphatic carbocycles. The van der Waals surface area contributed by atoms with E-state index in [9.17, 15) is 9.90 Å². The predicted octanol–water partition coefficient (Wildman–Crippen LogP) is 0.346. The molecule has 1 fully saturated rings. The largest absolute Gasteiger partial charge is 0.392 e. The molecule has 2 aromatic heterocycles. The van der Waals surface area contributed by atoms with Crippen molar-refractivity contribution in [3.05, 3.63) is 27.1 Å². The number of aromatic nitrogens is 3. The molecule has 3 rings (SSSR count). The molecule has 1 N–H and O–H groups in total. The molecule has 0 saturated carbocycles. The fourth-order valence-electron chi connectivity index (χ4n) is 3.09. The van der Waals surface area contributed by atoms with Crippen molar-refractivity contribution in [1.82, 2.24) is 24.4 Å². The van der Waals surface area contributed by atoms with Crippen molar-refractivity contribution in [3.63, 3.8) is 0 Å². The summed E-state index contributed by atoms with van der Waals surface area (Å²) in [6, 6.07) is 1.97. The van der Waals surface area contributed by atoms with Crippen LogP contribution in [0.5, 0.6) is 0 Å². The summed E-state index contributed by atoms with van der Waals surface area (Å²) in [6.07, 6.45) is -0.303. The number of piperazine rings is 1. The Morgan fingerprint density at radius 1 is 1.48 bits per heavy atom. The highest BCUT2D eigenvalue weighted by Gasteiger charge is 2.24. The summed E-state index contributed by atoms with van der Waals surface area (Å²) < 4.78 is 1.37. The first-order chi connectivity index (χ1) is 10.9. The van der Waals surface area contributed by atoms with Crippen LogP contribution >= 0.6 is 11.3 Å². The average Bonchev–Trinajstić information content (AvgIpc) is 2.82. The van der Waals surface area contributed by atoms with E-state index in [0.29, 0.717) is 24.1 Å². The zero-order valence-electron chi connectivity index (χ0n) is 13.8. The Bertz CT molecular complexity index is 741. The normalized spacial score (nSPS) is 21.8. The summed E-state index contributed by atoms with van der Waals surface area (Å²) in [4.78, 5) is 21.9. The standard InChI is InChI=1S/C15H23N5O2S/c1-10-7-18(4-5-19(10)8-11(2)21)9-13-6-14(22)20-15(16-13)23-12(3)17-20/h6,10-11,21H,4-5,7-9H2,1-3H3/t10-,11-/m0/s1. The second-order valence-corrected chi connectivity index (χ2v) is 7.49. The molecule has 1 saturated heterocycles. The molecule has 126 valence electrons. The van der Waals surface area contributed by atoms with Crippen LogP contribution in [0.4, 0.5) is 0 Å². The van der Waals surface area contributed by atoms with Gasteiger partial charge in [0.2, 0.25) is 4.96 Å². The van der Waals surface area contributed by atoms with Crippen LogP contribution < -0.4 is 5.56 Å². The van der Waals surface area contributed by atoms with Crippen LogP contribution in [0.1, 0.15) is 24.5 Å². The Kier molecular flexibility index (Phi) is 4.77. The van der Waals surface area contributed by atoms with E-state index in [-0.39, 0.29) is 11.7 Å². The lowest BCUT2D eigenvalue weighted by Gasteiger charge is -2.40.